The van der Waals surface area contributed by atoms with Crippen molar-refractivity contribution >= 4 is 21.6 Å². The molecule has 8 heteroatoms. The number of aryl methyl sites for hydroxylation is 1. The van der Waals surface area contributed by atoms with Gasteiger partial charge < -0.3 is 14.5 Å². The third-order valence-corrected chi connectivity index (χ3v) is 6.44. The first-order valence-corrected chi connectivity index (χ1v) is 11.4. The number of amides is 1. The number of carbonyl (C=O) groups excluding carboxylic acids is 1. The lowest BCUT2D eigenvalue weighted by atomic mass is 10.2. The van der Waals surface area contributed by atoms with Crippen molar-refractivity contribution in [3.63, 3.8) is 0 Å². The first-order valence-electron chi connectivity index (χ1n) is 9.94. The maximum absolute atomic E-state index is 12.6. The van der Waals surface area contributed by atoms with Crippen LogP contribution >= 0.6 is 0 Å². The molecule has 0 aliphatic carbocycles. The van der Waals surface area contributed by atoms with E-state index in [4.69, 9.17) is 9.15 Å². The van der Waals surface area contributed by atoms with Gasteiger partial charge in [-0.3, -0.25) is 4.79 Å². The number of furan rings is 1. The molecule has 3 rings (SSSR count). The van der Waals surface area contributed by atoms with Crippen molar-refractivity contribution in [2.45, 2.75) is 24.7 Å². The van der Waals surface area contributed by atoms with E-state index in [9.17, 15) is 13.2 Å². The van der Waals surface area contributed by atoms with Crippen molar-refractivity contribution in [1.29, 1.82) is 0 Å². The minimum atomic E-state index is -3.72. The van der Waals surface area contributed by atoms with Gasteiger partial charge in [0.05, 0.1) is 6.61 Å². The molecule has 0 atom stereocenters. The molecule has 0 spiro atoms. The number of carbonyl (C=O) groups is 1. The summed E-state index contributed by atoms with van der Waals surface area (Å²) in [7, 11) is -0.829. The standard InChI is InChI=1S/C23H26N2O5S/c1-4-29-21-13-10-18(16-22(21)31(27,28)25(2)3)24-23(26)15-12-19-11-14-20(30-19)17-8-6-5-7-9-17/h5-11,13-14,16H,4,12,15H2,1-3H3,(H,24,26). The van der Waals surface area contributed by atoms with Crippen LogP contribution in [0.4, 0.5) is 5.69 Å². The Bertz CT molecular complexity index is 1140. The van der Waals surface area contributed by atoms with E-state index in [-0.39, 0.29) is 23.0 Å². The van der Waals surface area contributed by atoms with E-state index in [1.165, 1.54) is 20.2 Å². The highest BCUT2D eigenvalue weighted by Crippen LogP contribution is 2.29. The summed E-state index contributed by atoms with van der Waals surface area (Å²) >= 11 is 0. The van der Waals surface area contributed by atoms with Gasteiger partial charge in [0.15, 0.2) is 0 Å². The molecule has 1 aromatic heterocycles. The van der Waals surface area contributed by atoms with E-state index in [1.54, 1.807) is 19.1 Å². The van der Waals surface area contributed by atoms with E-state index in [0.717, 1.165) is 15.6 Å². The SMILES string of the molecule is CCOc1ccc(NC(=O)CCc2ccc(-c3ccccc3)o2)cc1S(=O)(=O)N(C)C. The largest absolute Gasteiger partial charge is 0.492 e. The maximum Gasteiger partial charge on any atom is 0.246 e. The number of benzene rings is 2. The molecular formula is C23H26N2O5S. The predicted molar refractivity (Wildman–Crippen MR) is 120 cm³/mol. The zero-order chi connectivity index (χ0) is 22.4. The van der Waals surface area contributed by atoms with Gasteiger partial charge in [-0.25, -0.2) is 12.7 Å². The van der Waals surface area contributed by atoms with Crippen molar-refractivity contribution in [3.8, 4) is 17.1 Å². The Hall–Kier alpha value is -3.10. The van der Waals surface area contributed by atoms with Crippen LogP contribution in [0.1, 0.15) is 19.1 Å². The van der Waals surface area contributed by atoms with Gasteiger partial charge in [0.1, 0.15) is 22.2 Å². The Kier molecular flexibility index (Phi) is 7.14. The van der Waals surface area contributed by atoms with Crippen molar-refractivity contribution in [2.24, 2.45) is 0 Å². The molecule has 3 aromatic rings. The molecule has 0 unspecified atom stereocenters. The number of sulfonamides is 1. The molecule has 1 amide bonds. The van der Waals surface area contributed by atoms with Crippen LogP contribution in [0.25, 0.3) is 11.3 Å². The number of nitrogens with one attached hydrogen (secondary N) is 1. The van der Waals surface area contributed by atoms with Gasteiger partial charge in [-0.15, -0.1) is 0 Å². The van der Waals surface area contributed by atoms with Crippen LogP contribution in [0.15, 0.2) is 70.0 Å². The lowest BCUT2D eigenvalue weighted by molar-refractivity contribution is -0.116. The van der Waals surface area contributed by atoms with Crippen molar-refractivity contribution in [2.75, 3.05) is 26.0 Å². The molecule has 7 nitrogen and oxygen atoms in total. The Labute approximate surface area is 182 Å². The van der Waals surface area contributed by atoms with E-state index < -0.39 is 10.0 Å². The fraction of sp³-hybridized carbons (Fsp3) is 0.261. The second-order valence-corrected chi connectivity index (χ2v) is 9.18. The van der Waals surface area contributed by atoms with Crippen molar-refractivity contribution in [3.05, 3.63) is 66.4 Å². The number of hydrogen-bond donors (Lipinski definition) is 1. The summed E-state index contributed by atoms with van der Waals surface area (Å²) in [5.41, 5.74) is 1.36. The van der Waals surface area contributed by atoms with Crippen LogP contribution in [-0.4, -0.2) is 39.3 Å². The smallest absolute Gasteiger partial charge is 0.246 e. The van der Waals surface area contributed by atoms with Crippen LogP contribution < -0.4 is 10.1 Å². The van der Waals surface area contributed by atoms with Gasteiger partial charge >= 0.3 is 0 Å². The molecule has 2 aromatic carbocycles. The Morgan fingerprint density at radius 3 is 2.48 bits per heavy atom. The number of nitrogens with zero attached hydrogens (tertiary/aromatic N) is 1. The highest BCUT2D eigenvalue weighted by molar-refractivity contribution is 7.89. The van der Waals surface area contributed by atoms with Gasteiger partial charge in [-0.2, -0.15) is 0 Å². The van der Waals surface area contributed by atoms with Crippen LogP contribution in [0.2, 0.25) is 0 Å². The minimum absolute atomic E-state index is 0.00990. The molecule has 164 valence electrons. The van der Waals surface area contributed by atoms with E-state index in [2.05, 4.69) is 5.32 Å². The number of hydrogen-bond acceptors (Lipinski definition) is 5. The van der Waals surface area contributed by atoms with Gasteiger partial charge in [-0.1, -0.05) is 30.3 Å². The second-order valence-electron chi connectivity index (χ2n) is 7.06. The molecule has 0 aliphatic heterocycles. The van der Waals surface area contributed by atoms with Crippen molar-refractivity contribution < 1.29 is 22.4 Å². The average molecular weight is 443 g/mol. The Morgan fingerprint density at radius 1 is 1.06 bits per heavy atom. The zero-order valence-electron chi connectivity index (χ0n) is 17.8. The number of rotatable bonds is 9. The van der Waals surface area contributed by atoms with Gasteiger partial charge in [0, 0.05) is 38.2 Å². The Morgan fingerprint density at radius 2 is 1.81 bits per heavy atom. The fourth-order valence-corrected chi connectivity index (χ4v) is 4.04. The second kappa shape index (κ2) is 9.80. The lowest BCUT2D eigenvalue weighted by Gasteiger charge is -2.16. The lowest BCUT2D eigenvalue weighted by Crippen LogP contribution is -2.23. The number of anilines is 1. The molecule has 0 aliphatic rings. The summed E-state index contributed by atoms with van der Waals surface area (Å²) in [6.45, 7) is 2.11. The van der Waals surface area contributed by atoms with Gasteiger partial charge in [-0.05, 0) is 37.3 Å². The first kappa shape index (κ1) is 22.6. The summed E-state index contributed by atoms with van der Waals surface area (Å²) in [6, 6.07) is 18.1. The highest BCUT2D eigenvalue weighted by Gasteiger charge is 2.23. The van der Waals surface area contributed by atoms with E-state index in [0.29, 0.717) is 24.5 Å². The molecule has 1 heterocycles. The zero-order valence-corrected chi connectivity index (χ0v) is 18.6. The molecule has 0 bridgehead atoms. The van der Waals surface area contributed by atoms with Crippen LogP contribution in [0.3, 0.4) is 0 Å². The molecule has 1 N–H and O–H groups in total. The highest BCUT2D eigenvalue weighted by atomic mass is 32.2. The normalized spacial score (nSPS) is 11.5. The van der Waals surface area contributed by atoms with Crippen LogP contribution in [-0.2, 0) is 21.2 Å². The average Bonchev–Trinajstić information content (AvgIpc) is 3.23. The van der Waals surface area contributed by atoms with Crippen LogP contribution in [0, 0.1) is 0 Å². The first-order chi connectivity index (χ1) is 14.8. The molecule has 0 saturated carbocycles. The summed E-state index contributed by atoms with van der Waals surface area (Å²) in [6.07, 6.45) is 0.628. The monoisotopic (exact) mass is 442 g/mol. The van der Waals surface area contributed by atoms with Crippen LogP contribution in [0.5, 0.6) is 5.75 Å². The predicted octanol–water partition coefficient (Wildman–Crippen LogP) is 4.17. The van der Waals surface area contributed by atoms with Gasteiger partial charge in [0.25, 0.3) is 0 Å². The third kappa shape index (κ3) is 5.53. The third-order valence-electron chi connectivity index (χ3n) is 4.60. The van der Waals surface area contributed by atoms with Crippen molar-refractivity contribution in [1.82, 2.24) is 4.31 Å². The Balaban J connectivity index is 1.67. The maximum atomic E-state index is 12.6. The quantitative estimate of drug-likeness (QED) is 0.537. The van der Waals surface area contributed by atoms with E-state index >= 15 is 0 Å². The minimum Gasteiger partial charge on any atom is -0.492 e. The molecule has 31 heavy (non-hydrogen) atoms. The molecule has 0 radical (unpaired) electrons. The van der Waals surface area contributed by atoms with Gasteiger partial charge in [0.2, 0.25) is 15.9 Å². The summed E-state index contributed by atoms with van der Waals surface area (Å²) in [5, 5.41) is 2.75. The summed E-state index contributed by atoms with van der Waals surface area (Å²) in [4.78, 5) is 12.4. The summed E-state index contributed by atoms with van der Waals surface area (Å²) in [5.74, 6) is 1.46. The fourth-order valence-electron chi connectivity index (χ4n) is 2.99. The molecule has 0 fully saturated rings. The summed E-state index contributed by atoms with van der Waals surface area (Å²) < 4.78 is 37.6. The molecule has 0 saturated heterocycles. The topological polar surface area (TPSA) is 88.8 Å². The van der Waals surface area contributed by atoms with E-state index in [1.807, 2.05) is 42.5 Å². The number of ether oxygens (including phenoxy) is 1. The molecular weight excluding hydrogens is 416 g/mol.